The van der Waals surface area contributed by atoms with Crippen molar-refractivity contribution < 1.29 is 9.16 Å². The van der Waals surface area contributed by atoms with Crippen molar-refractivity contribution in [3.63, 3.8) is 0 Å². The molecular formula is C25H46O2SiSn. The third kappa shape index (κ3) is 12.2. The fraction of sp³-hybridized carbons (Fsp3) is 0.680. The molecule has 4 heteroatoms. The van der Waals surface area contributed by atoms with Gasteiger partial charge in [-0.2, -0.15) is 0 Å². The minimum atomic E-state index is -2.29. The Hall–Kier alpha value is -0.264. The molecule has 0 bridgehead atoms. The maximum atomic E-state index is 6.53. The van der Waals surface area contributed by atoms with Gasteiger partial charge in [0.05, 0.1) is 0 Å². The first-order valence-corrected chi connectivity index (χ1v) is 23.0. The zero-order chi connectivity index (χ0) is 21.6. The van der Waals surface area contributed by atoms with E-state index in [1.54, 1.807) is 0 Å². The number of para-hydroxylation sites is 1. The SMILES string of the molecule is CCC[CH2][Sn](/[CH]=C/C(COc1ccccc1)O[Si](C)(C)C)([CH2]CCC)[CH2]CCC. The molecule has 0 aliphatic heterocycles. The quantitative estimate of drug-likeness (QED) is 0.203. The Kier molecular flexibility index (Phi) is 13.6. The van der Waals surface area contributed by atoms with E-state index in [1.165, 1.54) is 51.8 Å². The van der Waals surface area contributed by atoms with Crippen LogP contribution in [0, 0.1) is 0 Å². The van der Waals surface area contributed by atoms with Crippen molar-refractivity contribution in [3.8, 4) is 5.75 Å². The summed E-state index contributed by atoms with van der Waals surface area (Å²) < 4.78 is 19.9. The Morgan fingerprint density at radius 3 is 1.83 bits per heavy atom. The summed E-state index contributed by atoms with van der Waals surface area (Å²) in [5.41, 5.74) is 0. The zero-order valence-electron chi connectivity index (χ0n) is 20.0. The molecule has 0 radical (unpaired) electrons. The zero-order valence-corrected chi connectivity index (χ0v) is 23.9. The number of unbranched alkanes of at least 4 members (excludes halogenated alkanes) is 3. The van der Waals surface area contributed by atoms with Crippen LogP contribution in [0.25, 0.3) is 0 Å². The molecule has 29 heavy (non-hydrogen) atoms. The first kappa shape index (κ1) is 26.8. The van der Waals surface area contributed by atoms with Gasteiger partial charge in [0, 0.05) is 0 Å². The van der Waals surface area contributed by atoms with E-state index in [0.717, 1.165) is 5.75 Å². The van der Waals surface area contributed by atoms with Crippen LogP contribution in [0.3, 0.4) is 0 Å². The first-order valence-electron chi connectivity index (χ1n) is 11.9. The van der Waals surface area contributed by atoms with Gasteiger partial charge in [-0.15, -0.1) is 0 Å². The molecule has 0 aliphatic rings. The van der Waals surface area contributed by atoms with Crippen LogP contribution in [0.4, 0.5) is 0 Å². The van der Waals surface area contributed by atoms with Crippen LogP contribution in [-0.2, 0) is 4.43 Å². The van der Waals surface area contributed by atoms with Crippen molar-refractivity contribution >= 4 is 26.7 Å². The Bertz CT molecular complexity index is 532. The summed E-state index contributed by atoms with van der Waals surface area (Å²) in [6, 6.07) is 10.1. The standard InChI is InChI=1S/C13H19O2Si.3C4H9.Sn/c1-5-12(15-16(2,3)4)11-14-13-9-7-6-8-10-13;3*1-3-4-2;/h1,5-10,12H,11H2,2-4H3;3*1,3-4H2,2H3;. The fourth-order valence-electron chi connectivity index (χ4n) is 3.80. The number of rotatable bonds is 16. The van der Waals surface area contributed by atoms with Gasteiger partial charge in [-0.05, 0) is 0 Å². The molecule has 1 aromatic rings. The number of hydrogen-bond acceptors (Lipinski definition) is 2. The van der Waals surface area contributed by atoms with Gasteiger partial charge in [0.15, 0.2) is 0 Å². The van der Waals surface area contributed by atoms with Crippen LogP contribution in [0.15, 0.2) is 40.5 Å². The van der Waals surface area contributed by atoms with Gasteiger partial charge >= 0.3 is 187 Å². The third-order valence-corrected chi connectivity index (χ3v) is 20.5. The topological polar surface area (TPSA) is 18.5 Å². The Morgan fingerprint density at radius 1 is 0.862 bits per heavy atom. The van der Waals surface area contributed by atoms with Crippen LogP contribution >= 0.6 is 0 Å². The van der Waals surface area contributed by atoms with Crippen molar-refractivity contribution in [2.24, 2.45) is 0 Å². The predicted octanol–water partition coefficient (Wildman–Crippen LogP) is 8.23. The molecule has 0 heterocycles. The minimum absolute atomic E-state index is 0.0721. The molecule has 1 rings (SSSR count). The molecular weight excluding hydrogens is 479 g/mol. The van der Waals surface area contributed by atoms with Gasteiger partial charge in [-0.3, -0.25) is 0 Å². The van der Waals surface area contributed by atoms with Crippen molar-refractivity contribution in [1.29, 1.82) is 0 Å². The summed E-state index contributed by atoms with van der Waals surface area (Å²) in [4.78, 5) is 0. The molecule has 0 saturated carbocycles. The number of ether oxygens (including phenoxy) is 1. The van der Waals surface area contributed by atoms with E-state index < -0.39 is 26.7 Å². The van der Waals surface area contributed by atoms with Crippen LogP contribution in [0.1, 0.15) is 59.3 Å². The molecule has 0 amide bonds. The average molecular weight is 525 g/mol. The van der Waals surface area contributed by atoms with Crippen molar-refractivity contribution in [3.05, 3.63) is 40.5 Å². The van der Waals surface area contributed by atoms with Crippen LogP contribution in [-0.4, -0.2) is 39.4 Å². The molecule has 0 aliphatic carbocycles. The third-order valence-electron chi connectivity index (χ3n) is 5.41. The first-order chi connectivity index (χ1) is 13.8. The van der Waals surface area contributed by atoms with E-state index in [4.69, 9.17) is 9.16 Å². The molecule has 0 saturated heterocycles. The molecule has 0 N–H and O–H groups in total. The molecule has 2 nitrogen and oxygen atoms in total. The van der Waals surface area contributed by atoms with E-state index in [-0.39, 0.29) is 6.10 Å². The number of hydrogen-bond donors (Lipinski definition) is 0. The van der Waals surface area contributed by atoms with Gasteiger partial charge in [-0.1, -0.05) is 0 Å². The van der Waals surface area contributed by atoms with Crippen molar-refractivity contribution in [2.75, 3.05) is 6.61 Å². The Morgan fingerprint density at radius 2 is 1.38 bits per heavy atom. The summed E-state index contributed by atoms with van der Waals surface area (Å²) in [5, 5.41) is 0. The van der Waals surface area contributed by atoms with Gasteiger partial charge in [0.2, 0.25) is 0 Å². The van der Waals surface area contributed by atoms with E-state index in [2.05, 4.69) is 50.6 Å². The average Bonchev–Trinajstić information content (AvgIpc) is 2.70. The monoisotopic (exact) mass is 526 g/mol. The second kappa shape index (κ2) is 14.7. The summed E-state index contributed by atoms with van der Waals surface area (Å²) in [6.45, 7) is 14.5. The summed E-state index contributed by atoms with van der Waals surface area (Å²) in [6.07, 6.45) is 10.6. The van der Waals surface area contributed by atoms with Gasteiger partial charge in [-0.25, -0.2) is 0 Å². The van der Waals surface area contributed by atoms with Crippen molar-refractivity contribution in [2.45, 2.75) is 98.4 Å². The van der Waals surface area contributed by atoms with E-state index >= 15 is 0 Å². The van der Waals surface area contributed by atoms with E-state index in [0.29, 0.717) is 6.61 Å². The Labute approximate surface area is 186 Å². The van der Waals surface area contributed by atoms with Crippen LogP contribution in [0.5, 0.6) is 5.75 Å². The second-order valence-corrected chi connectivity index (χ2v) is 26.9. The van der Waals surface area contributed by atoms with Gasteiger partial charge in [0.25, 0.3) is 0 Å². The normalized spacial score (nSPS) is 13.7. The van der Waals surface area contributed by atoms with Crippen LogP contribution in [0.2, 0.25) is 33.0 Å². The molecule has 0 aromatic heterocycles. The Balaban J connectivity index is 2.98. The molecule has 1 unspecified atom stereocenters. The fourth-order valence-corrected chi connectivity index (χ4v) is 19.3. The molecule has 166 valence electrons. The molecule has 0 fully saturated rings. The van der Waals surface area contributed by atoms with E-state index in [1.807, 2.05) is 30.3 Å². The van der Waals surface area contributed by atoms with Crippen molar-refractivity contribution in [1.82, 2.24) is 0 Å². The van der Waals surface area contributed by atoms with Crippen LogP contribution < -0.4 is 4.74 Å². The predicted molar refractivity (Wildman–Crippen MR) is 134 cm³/mol. The van der Waals surface area contributed by atoms with E-state index in [9.17, 15) is 0 Å². The second-order valence-electron chi connectivity index (χ2n) is 9.42. The summed E-state index contributed by atoms with van der Waals surface area (Å²) in [5.74, 6) is 0.933. The number of benzene rings is 1. The maximum absolute atomic E-state index is 6.53. The summed E-state index contributed by atoms with van der Waals surface area (Å²) in [7, 11) is -1.64. The molecule has 1 aromatic carbocycles. The summed E-state index contributed by atoms with van der Waals surface area (Å²) >= 11 is -2.29. The van der Waals surface area contributed by atoms with Gasteiger partial charge < -0.3 is 0 Å². The molecule has 1 atom stereocenters. The van der Waals surface area contributed by atoms with Gasteiger partial charge in [0.1, 0.15) is 0 Å². The molecule has 0 spiro atoms.